The zero-order valence-corrected chi connectivity index (χ0v) is 54.8. The van der Waals surface area contributed by atoms with Crippen molar-refractivity contribution in [3.8, 4) is 23.0 Å². The van der Waals surface area contributed by atoms with Gasteiger partial charge in [-0.3, -0.25) is 27.9 Å². The van der Waals surface area contributed by atoms with Crippen LogP contribution < -0.4 is 41.4 Å². The molecule has 19 heteroatoms. The highest BCUT2D eigenvalue weighted by molar-refractivity contribution is 6.74. The summed E-state index contributed by atoms with van der Waals surface area (Å²) >= 11 is 0. The lowest BCUT2D eigenvalue weighted by Crippen LogP contribution is -2.47. The van der Waals surface area contributed by atoms with Gasteiger partial charge in [0.1, 0.15) is 58.9 Å². The highest BCUT2D eigenvalue weighted by Gasteiger charge is 2.48. The van der Waals surface area contributed by atoms with Crippen molar-refractivity contribution in [2.75, 3.05) is 41.7 Å². The van der Waals surface area contributed by atoms with Gasteiger partial charge in [0.2, 0.25) is 0 Å². The Morgan fingerprint density at radius 2 is 0.813 bits per heavy atom. The summed E-state index contributed by atoms with van der Waals surface area (Å²) < 4.78 is 62.5. The SMILES string of the molecule is COc1ccc(C(OC[C@H]2O[C@@H](n3cc(C)c(=O)n(CCCCn4c(=O)c(C)cn([C@H]5C[C@H](O)[C@@H](COC(c6ccccc6)(c6ccc(OC)cc6)c6ccc(OC)cc6)O5)c4=O)c3=O)C[C@@H]2O[Si](C)(C)C(C)(C)C)(c2ccccc2)c2ccc(OC)cc2)cc1. The van der Waals surface area contributed by atoms with Crippen LogP contribution in [-0.2, 0) is 47.7 Å². The predicted octanol–water partition coefficient (Wildman–Crippen LogP) is 10.8. The summed E-state index contributed by atoms with van der Waals surface area (Å²) in [6.07, 6.45) is -1.02. The summed E-state index contributed by atoms with van der Waals surface area (Å²) in [5, 5.41) is 11.5. The number of methoxy groups -OCH3 is 4. The van der Waals surface area contributed by atoms with Crippen LogP contribution in [0.3, 0.4) is 0 Å². The molecule has 18 nitrogen and oxygen atoms in total. The van der Waals surface area contributed by atoms with Crippen molar-refractivity contribution in [3.63, 3.8) is 0 Å². The van der Waals surface area contributed by atoms with Gasteiger partial charge >= 0.3 is 11.4 Å². The van der Waals surface area contributed by atoms with Crippen LogP contribution in [0.1, 0.15) is 103 Å². The summed E-state index contributed by atoms with van der Waals surface area (Å²) in [5.41, 5.74) is 1.10. The third kappa shape index (κ3) is 13.5. The minimum atomic E-state index is -2.48. The highest BCUT2D eigenvalue weighted by atomic mass is 28.4. The summed E-state index contributed by atoms with van der Waals surface area (Å²) in [7, 11) is 3.99. The van der Waals surface area contributed by atoms with Gasteiger partial charge in [-0.05, 0) is 127 Å². The molecule has 8 aromatic rings. The Bertz CT molecular complexity index is 3900. The lowest BCUT2D eigenvalue weighted by molar-refractivity contribution is -0.0946. The van der Waals surface area contributed by atoms with E-state index < -0.39 is 78.9 Å². The van der Waals surface area contributed by atoms with Gasteiger partial charge in [0, 0.05) is 49.5 Å². The Kier molecular flexibility index (Phi) is 20.1. The van der Waals surface area contributed by atoms with Crippen molar-refractivity contribution in [1.82, 2.24) is 18.3 Å². The molecule has 91 heavy (non-hydrogen) atoms. The first kappa shape index (κ1) is 65.8. The molecule has 6 aromatic carbocycles. The number of nitrogens with zero attached hydrogens (tertiary/aromatic N) is 4. The smallest absolute Gasteiger partial charge is 0.333 e. The van der Waals surface area contributed by atoms with Gasteiger partial charge in [-0.15, -0.1) is 0 Å². The van der Waals surface area contributed by atoms with Crippen LogP contribution in [-0.4, -0.2) is 97.8 Å². The first-order valence-electron chi connectivity index (χ1n) is 30.9. The number of ether oxygens (including phenoxy) is 8. The zero-order valence-electron chi connectivity index (χ0n) is 53.8. The Balaban J connectivity index is 0.877. The second-order valence-electron chi connectivity index (χ2n) is 25.0. The van der Waals surface area contributed by atoms with Crippen LogP contribution in [0.5, 0.6) is 23.0 Å². The van der Waals surface area contributed by atoms with E-state index >= 15 is 0 Å². The van der Waals surface area contributed by atoms with Crippen LogP contribution in [0, 0.1) is 13.8 Å². The lowest BCUT2D eigenvalue weighted by Gasteiger charge is -2.40. The first-order valence-corrected chi connectivity index (χ1v) is 33.9. The number of hydrogen-bond acceptors (Lipinski definition) is 14. The van der Waals surface area contributed by atoms with Gasteiger partial charge in [0.05, 0.1) is 53.9 Å². The van der Waals surface area contributed by atoms with E-state index in [1.807, 2.05) is 158 Å². The van der Waals surface area contributed by atoms with E-state index in [0.29, 0.717) is 40.5 Å². The normalized spacial score (nSPS) is 18.7. The molecule has 1 N–H and O–H groups in total. The van der Waals surface area contributed by atoms with E-state index in [-0.39, 0.29) is 50.6 Å². The maximum atomic E-state index is 14.8. The number of unbranched alkanes of at least 4 members (excludes halogenated alkanes) is 1. The minimum Gasteiger partial charge on any atom is -0.497 e. The van der Waals surface area contributed by atoms with Crippen LogP contribution in [0.2, 0.25) is 18.1 Å². The molecule has 480 valence electrons. The number of aryl methyl sites for hydroxylation is 2. The number of hydrogen-bond donors (Lipinski definition) is 1. The van der Waals surface area contributed by atoms with Crippen molar-refractivity contribution in [2.24, 2.45) is 0 Å². The van der Waals surface area contributed by atoms with Crippen molar-refractivity contribution in [3.05, 3.63) is 256 Å². The molecule has 2 aromatic heterocycles. The first-order chi connectivity index (χ1) is 43.7. The largest absolute Gasteiger partial charge is 0.497 e. The molecular weight excluding hydrogens is 1170 g/mol. The molecule has 2 aliphatic heterocycles. The average molecular weight is 1260 g/mol. The highest BCUT2D eigenvalue weighted by Crippen LogP contribution is 2.46. The summed E-state index contributed by atoms with van der Waals surface area (Å²) in [5.74, 6) is 2.71. The van der Waals surface area contributed by atoms with Crippen LogP contribution in [0.25, 0.3) is 0 Å². The third-order valence-electron chi connectivity index (χ3n) is 18.3. The van der Waals surface area contributed by atoms with Gasteiger partial charge in [-0.2, -0.15) is 0 Å². The topological polar surface area (TPSA) is 191 Å². The van der Waals surface area contributed by atoms with Crippen molar-refractivity contribution < 1.29 is 47.4 Å². The number of aromatic nitrogens is 4. The third-order valence-corrected chi connectivity index (χ3v) is 22.8. The van der Waals surface area contributed by atoms with Crippen molar-refractivity contribution in [1.29, 1.82) is 0 Å². The maximum Gasteiger partial charge on any atom is 0.333 e. The molecule has 2 saturated heterocycles. The van der Waals surface area contributed by atoms with Gasteiger partial charge in [0.15, 0.2) is 8.32 Å². The van der Waals surface area contributed by atoms with Gasteiger partial charge in [0.25, 0.3) is 11.1 Å². The van der Waals surface area contributed by atoms with E-state index in [2.05, 4.69) is 33.9 Å². The van der Waals surface area contributed by atoms with Crippen LogP contribution >= 0.6 is 0 Å². The number of aliphatic hydroxyl groups is 1. The lowest BCUT2D eigenvalue weighted by atomic mass is 9.80. The van der Waals surface area contributed by atoms with Crippen LogP contribution in [0.4, 0.5) is 0 Å². The van der Waals surface area contributed by atoms with E-state index in [1.165, 1.54) is 19.9 Å². The Labute approximate surface area is 532 Å². The molecule has 0 aliphatic carbocycles. The zero-order chi connectivity index (χ0) is 64.8. The fraction of sp³-hybridized carbons (Fsp3) is 0.389. The molecule has 4 heterocycles. The molecule has 2 fully saturated rings. The molecule has 0 spiro atoms. The second-order valence-corrected chi connectivity index (χ2v) is 29.7. The summed E-state index contributed by atoms with van der Waals surface area (Å²) in [4.78, 5) is 57.1. The number of rotatable bonds is 25. The predicted molar refractivity (Wildman–Crippen MR) is 350 cm³/mol. The standard InChI is InChI=1S/C72H84N4O14Si/c1-48-44-75(64-42-60(77)62(88-64)46-86-71(50-20-14-12-15-21-50,52-24-32-56(82-6)33-25-52)53-26-34-57(83-7)35-27-53)68(80)73(66(48)78)40-18-19-41-74-67(79)49(2)45-76(69(74)81)65-43-61(90-91(10,11)70(3,4)5)63(89-65)47-87-72(51-22-16-13-17-23-51,54-28-36-58(84-8)37-29-54)55-30-38-59(85-9)39-31-55/h12-17,20-39,44-45,60-65,77H,18-19,40-43,46-47H2,1-11H3/t60-,61-,62+,63+,64+,65+/m0/s1. The van der Waals surface area contributed by atoms with E-state index in [9.17, 15) is 24.3 Å². The molecule has 2 aliphatic rings. The minimum absolute atomic E-state index is 0.00227. The summed E-state index contributed by atoms with van der Waals surface area (Å²) in [6.45, 7) is 14.1. The van der Waals surface area contributed by atoms with Gasteiger partial charge < -0.3 is 47.4 Å². The fourth-order valence-electron chi connectivity index (χ4n) is 12.2. The molecule has 0 saturated carbocycles. The monoisotopic (exact) mass is 1260 g/mol. The Hall–Kier alpha value is -8.14. The quantitative estimate of drug-likeness (QED) is 0.0323. The molecule has 0 amide bonds. The molecule has 0 bridgehead atoms. The van der Waals surface area contributed by atoms with E-state index in [0.717, 1.165) is 37.9 Å². The van der Waals surface area contributed by atoms with Crippen molar-refractivity contribution >= 4 is 8.32 Å². The van der Waals surface area contributed by atoms with Gasteiger partial charge in [-0.25, -0.2) is 9.59 Å². The Morgan fingerprint density at radius 1 is 0.484 bits per heavy atom. The average Bonchev–Trinajstić information content (AvgIpc) is 1.37. The van der Waals surface area contributed by atoms with Crippen molar-refractivity contribution in [2.45, 2.75) is 140 Å². The maximum absolute atomic E-state index is 14.8. The van der Waals surface area contributed by atoms with Crippen LogP contribution in [0.15, 0.2) is 189 Å². The second kappa shape index (κ2) is 27.8. The molecule has 0 unspecified atom stereocenters. The molecule has 6 atom stereocenters. The molecule has 10 rings (SSSR count). The molecular formula is C72H84N4O14Si. The molecule has 0 radical (unpaired) electrons. The number of aliphatic hydroxyl groups excluding tert-OH is 1. The van der Waals surface area contributed by atoms with E-state index in [1.54, 1.807) is 48.5 Å². The number of benzene rings is 6. The van der Waals surface area contributed by atoms with E-state index in [4.69, 9.17) is 42.3 Å². The fourth-order valence-corrected chi connectivity index (χ4v) is 13.5. The Morgan fingerprint density at radius 3 is 1.16 bits per heavy atom. The summed E-state index contributed by atoms with van der Waals surface area (Å²) in [6, 6.07) is 50.6. The van der Waals surface area contributed by atoms with Gasteiger partial charge in [-0.1, -0.05) is 130 Å².